The number of sulfonamides is 1. The van der Waals surface area contributed by atoms with Gasteiger partial charge in [0.05, 0.1) is 24.7 Å². The summed E-state index contributed by atoms with van der Waals surface area (Å²) in [6, 6.07) is 17.9. The van der Waals surface area contributed by atoms with Crippen molar-refractivity contribution in [2.75, 3.05) is 24.7 Å². The zero-order valence-electron chi connectivity index (χ0n) is 21.8. The first-order valence-corrected chi connectivity index (χ1v) is 14.8. The molecule has 2 aliphatic rings. The summed E-state index contributed by atoms with van der Waals surface area (Å²) >= 11 is 0. The molecule has 2 amide bonds. The summed E-state index contributed by atoms with van der Waals surface area (Å²) in [5.74, 6) is -0.708. The lowest BCUT2D eigenvalue weighted by molar-refractivity contribution is -0.0741. The number of amides is 2. The van der Waals surface area contributed by atoms with Gasteiger partial charge < -0.3 is 15.0 Å². The molecule has 4 aromatic rings. The van der Waals surface area contributed by atoms with Gasteiger partial charge in [-0.05, 0) is 29.5 Å². The van der Waals surface area contributed by atoms with E-state index in [0.29, 0.717) is 50.5 Å². The van der Waals surface area contributed by atoms with Gasteiger partial charge in [0.15, 0.2) is 5.65 Å². The SMILES string of the molecule is CS(=O)(=O)NC(=O)c1cnn2c(NCc3ccccc3)c(C(=O)N3CCC4(CC3)OCc3ccccc34)cnc12. The Bertz CT molecular complexity index is 1710. The Hall–Kier alpha value is -4.29. The Kier molecular flexibility index (Phi) is 6.51. The zero-order chi connectivity index (χ0) is 27.9. The van der Waals surface area contributed by atoms with Crippen LogP contribution >= 0.6 is 0 Å². The maximum Gasteiger partial charge on any atom is 0.270 e. The lowest BCUT2D eigenvalue weighted by atomic mass is 9.83. The number of ether oxygens (including phenoxy) is 1. The monoisotopic (exact) mass is 560 g/mol. The van der Waals surface area contributed by atoms with Crippen LogP contribution in [0.25, 0.3) is 5.65 Å². The van der Waals surface area contributed by atoms with E-state index in [1.165, 1.54) is 28.0 Å². The number of nitrogens with one attached hydrogen (secondary N) is 2. The normalized spacial score (nSPS) is 16.2. The molecular formula is C28H28N6O5S. The van der Waals surface area contributed by atoms with Crippen molar-refractivity contribution in [1.82, 2.24) is 24.2 Å². The van der Waals surface area contributed by atoms with Crippen molar-refractivity contribution in [3.63, 3.8) is 0 Å². The van der Waals surface area contributed by atoms with Crippen LogP contribution in [0.5, 0.6) is 0 Å². The van der Waals surface area contributed by atoms with Crippen molar-refractivity contribution in [2.45, 2.75) is 31.6 Å². The van der Waals surface area contributed by atoms with Gasteiger partial charge in [0.25, 0.3) is 11.8 Å². The third-order valence-corrected chi connectivity index (χ3v) is 8.01. The summed E-state index contributed by atoms with van der Waals surface area (Å²) in [7, 11) is -3.79. The largest absolute Gasteiger partial charge is 0.365 e. The second-order valence-electron chi connectivity index (χ2n) is 10.1. The first-order valence-electron chi connectivity index (χ1n) is 12.9. The molecule has 12 heteroatoms. The summed E-state index contributed by atoms with van der Waals surface area (Å²) in [5, 5.41) is 7.59. The summed E-state index contributed by atoms with van der Waals surface area (Å²) in [5.41, 5.74) is 3.39. The van der Waals surface area contributed by atoms with Crippen LogP contribution < -0.4 is 10.0 Å². The molecule has 206 valence electrons. The highest BCUT2D eigenvalue weighted by Crippen LogP contribution is 2.44. The molecule has 2 aliphatic heterocycles. The van der Waals surface area contributed by atoms with Crippen LogP contribution in [-0.2, 0) is 33.5 Å². The van der Waals surface area contributed by atoms with Crippen LogP contribution in [-0.4, -0.2) is 59.1 Å². The molecule has 11 nitrogen and oxygen atoms in total. The predicted octanol–water partition coefficient (Wildman–Crippen LogP) is 2.69. The van der Waals surface area contributed by atoms with Gasteiger partial charge in [0.2, 0.25) is 10.0 Å². The number of aromatic nitrogens is 3. The highest BCUT2D eigenvalue weighted by molar-refractivity contribution is 7.89. The van der Waals surface area contributed by atoms with Gasteiger partial charge in [-0.15, -0.1) is 0 Å². The van der Waals surface area contributed by atoms with Crippen LogP contribution in [0.1, 0.15) is 50.2 Å². The van der Waals surface area contributed by atoms with Crippen molar-refractivity contribution in [1.29, 1.82) is 0 Å². The maximum atomic E-state index is 13.9. The second kappa shape index (κ2) is 10.0. The van der Waals surface area contributed by atoms with Gasteiger partial charge in [-0.3, -0.25) is 9.59 Å². The minimum absolute atomic E-state index is 0.0239. The standard InChI is InChI=1S/C28H28N6O5S/c1-40(37,38)32-26(35)21-17-31-34-24(21)30-16-22(25(34)29-15-19-7-3-2-4-8-19)27(36)33-13-11-28(12-14-33)23-10-6-5-9-20(23)18-39-28/h2-10,16-17,29H,11-15,18H2,1H3,(H,32,35). The number of rotatable bonds is 6. The summed E-state index contributed by atoms with van der Waals surface area (Å²) in [6.45, 7) is 1.97. The lowest BCUT2D eigenvalue weighted by Crippen LogP contribution is -2.45. The number of piperidine rings is 1. The molecule has 0 atom stereocenters. The highest BCUT2D eigenvalue weighted by atomic mass is 32.2. The van der Waals surface area contributed by atoms with Crippen molar-refractivity contribution in [3.8, 4) is 0 Å². The first-order chi connectivity index (χ1) is 19.2. The maximum absolute atomic E-state index is 13.9. The number of anilines is 1. The van der Waals surface area contributed by atoms with Crippen LogP contribution in [0.2, 0.25) is 0 Å². The minimum atomic E-state index is -3.79. The van der Waals surface area contributed by atoms with E-state index in [1.54, 1.807) is 4.90 Å². The minimum Gasteiger partial charge on any atom is -0.365 e. The molecule has 2 aromatic heterocycles. The predicted molar refractivity (Wildman–Crippen MR) is 147 cm³/mol. The molecule has 6 rings (SSSR count). The van der Waals surface area contributed by atoms with Gasteiger partial charge in [0.1, 0.15) is 16.9 Å². The van der Waals surface area contributed by atoms with Gasteiger partial charge in [-0.25, -0.2) is 18.1 Å². The molecule has 2 aromatic carbocycles. The molecule has 1 spiro atoms. The molecule has 2 N–H and O–H groups in total. The molecule has 4 heterocycles. The van der Waals surface area contributed by atoms with E-state index in [-0.39, 0.29) is 22.7 Å². The fourth-order valence-electron chi connectivity index (χ4n) is 5.46. The molecule has 0 radical (unpaired) electrons. The van der Waals surface area contributed by atoms with Gasteiger partial charge in [0, 0.05) is 25.8 Å². The van der Waals surface area contributed by atoms with E-state index in [9.17, 15) is 18.0 Å². The van der Waals surface area contributed by atoms with E-state index >= 15 is 0 Å². The van der Waals surface area contributed by atoms with Crippen LogP contribution in [0.3, 0.4) is 0 Å². The summed E-state index contributed by atoms with van der Waals surface area (Å²) in [6.07, 6.45) is 4.90. The molecule has 1 saturated heterocycles. The van der Waals surface area contributed by atoms with Crippen molar-refractivity contribution >= 4 is 33.3 Å². The van der Waals surface area contributed by atoms with Gasteiger partial charge >= 0.3 is 0 Å². The molecule has 0 unspecified atom stereocenters. The van der Waals surface area contributed by atoms with E-state index in [0.717, 1.165) is 11.8 Å². The zero-order valence-corrected chi connectivity index (χ0v) is 22.6. The Labute approximate surface area is 231 Å². The first kappa shape index (κ1) is 26.0. The van der Waals surface area contributed by atoms with Gasteiger partial charge in [-0.2, -0.15) is 9.61 Å². The Morgan fingerprint density at radius 3 is 2.48 bits per heavy atom. The average Bonchev–Trinajstić information content (AvgIpc) is 3.54. The third-order valence-electron chi connectivity index (χ3n) is 7.45. The topological polar surface area (TPSA) is 135 Å². The van der Waals surface area contributed by atoms with Crippen LogP contribution in [0.15, 0.2) is 67.0 Å². The van der Waals surface area contributed by atoms with E-state index < -0.39 is 15.9 Å². The Morgan fingerprint density at radius 2 is 1.73 bits per heavy atom. The van der Waals surface area contributed by atoms with Gasteiger partial charge in [-0.1, -0.05) is 54.6 Å². The Balaban J connectivity index is 1.30. The third kappa shape index (κ3) is 4.80. The number of likely N-dealkylation sites (tertiary alicyclic amines) is 1. The number of hydrogen-bond acceptors (Lipinski definition) is 8. The number of benzene rings is 2. The van der Waals surface area contributed by atoms with Crippen LogP contribution in [0.4, 0.5) is 5.82 Å². The molecule has 1 fully saturated rings. The van der Waals surface area contributed by atoms with E-state index in [2.05, 4.69) is 27.5 Å². The number of nitrogens with zero attached hydrogens (tertiary/aromatic N) is 4. The van der Waals surface area contributed by atoms with E-state index in [1.807, 2.05) is 47.2 Å². The van der Waals surface area contributed by atoms with Crippen molar-refractivity contribution in [3.05, 3.63) is 94.8 Å². The molecular weight excluding hydrogens is 532 g/mol. The Morgan fingerprint density at radius 1 is 1.00 bits per heavy atom. The summed E-state index contributed by atoms with van der Waals surface area (Å²) in [4.78, 5) is 32.6. The summed E-state index contributed by atoms with van der Waals surface area (Å²) < 4.78 is 32.8. The van der Waals surface area contributed by atoms with Crippen molar-refractivity contribution in [2.24, 2.45) is 0 Å². The van der Waals surface area contributed by atoms with E-state index in [4.69, 9.17) is 4.74 Å². The fraction of sp³-hybridized carbons (Fsp3) is 0.286. The van der Waals surface area contributed by atoms with Crippen molar-refractivity contribution < 1.29 is 22.7 Å². The average molecular weight is 561 g/mol. The fourth-order valence-corrected chi connectivity index (χ4v) is 5.91. The highest BCUT2D eigenvalue weighted by Gasteiger charge is 2.43. The number of fused-ring (bicyclic) bond motifs is 3. The molecule has 0 saturated carbocycles. The number of carbonyl (C=O) groups is 2. The lowest BCUT2D eigenvalue weighted by Gasteiger charge is -2.39. The number of carbonyl (C=O) groups excluding carboxylic acids is 2. The smallest absolute Gasteiger partial charge is 0.270 e. The molecule has 40 heavy (non-hydrogen) atoms. The number of hydrogen-bond donors (Lipinski definition) is 2. The van der Waals surface area contributed by atoms with Crippen LogP contribution in [0, 0.1) is 0 Å². The molecule has 0 aliphatic carbocycles. The second-order valence-corrected chi connectivity index (χ2v) is 11.8. The quantitative estimate of drug-likeness (QED) is 0.368. The molecule has 0 bridgehead atoms.